The maximum Gasteiger partial charge on any atom is 0.240 e. The number of hydrogen-bond acceptors (Lipinski definition) is 4. The molecule has 27 heavy (non-hydrogen) atoms. The molecule has 2 aromatic rings. The van der Waals surface area contributed by atoms with Crippen LogP contribution in [0.3, 0.4) is 0 Å². The summed E-state index contributed by atoms with van der Waals surface area (Å²) in [5.74, 6) is 0.104. The van der Waals surface area contributed by atoms with Crippen molar-refractivity contribution in [1.82, 2.24) is 5.43 Å². The van der Waals surface area contributed by atoms with Crippen molar-refractivity contribution in [3.05, 3.63) is 58.1 Å². The number of benzene rings is 2. The Morgan fingerprint density at radius 2 is 1.74 bits per heavy atom. The zero-order chi connectivity index (χ0) is 19.6. The Labute approximate surface area is 167 Å². The lowest BCUT2D eigenvalue weighted by Crippen LogP contribution is -2.20. The third-order valence-electron chi connectivity index (χ3n) is 3.38. The van der Waals surface area contributed by atoms with Crippen molar-refractivity contribution < 1.29 is 14.3 Å². The van der Waals surface area contributed by atoms with Crippen LogP contribution in [0.4, 0.5) is 5.69 Å². The van der Waals surface area contributed by atoms with Gasteiger partial charge in [-0.05, 0) is 55.0 Å². The van der Waals surface area contributed by atoms with Gasteiger partial charge >= 0.3 is 0 Å². The summed E-state index contributed by atoms with van der Waals surface area (Å²) < 4.78 is 5.35. The summed E-state index contributed by atoms with van der Waals surface area (Å²) in [4.78, 5) is 23.6. The number of ether oxygens (including phenoxy) is 1. The molecule has 0 saturated heterocycles. The quantitative estimate of drug-likeness (QED) is 0.506. The van der Waals surface area contributed by atoms with Crippen LogP contribution in [0.5, 0.6) is 5.75 Å². The highest BCUT2D eigenvalue weighted by Crippen LogP contribution is 2.25. The van der Waals surface area contributed by atoms with Crippen LogP contribution in [-0.2, 0) is 9.59 Å². The molecule has 0 bridgehead atoms. The van der Waals surface area contributed by atoms with E-state index in [1.54, 1.807) is 18.2 Å². The molecule has 8 heteroatoms. The molecule has 0 aromatic heterocycles. The molecule has 0 heterocycles. The van der Waals surface area contributed by atoms with Gasteiger partial charge in [-0.2, -0.15) is 5.10 Å². The monoisotopic (exact) mass is 407 g/mol. The standard InChI is InChI=1S/C19H19Cl2N3O3/c1-2-27-15-6-3-13(4-7-15)12-22-24-19(26)10-9-18(25)23-14-5-8-16(20)17(21)11-14/h3-8,11-12H,2,9-10H2,1H3,(H,23,25)(H,24,26)/b22-12+. The van der Waals surface area contributed by atoms with E-state index in [9.17, 15) is 9.59 Å². The van der Waals surface area contributed by atoms with Crippen LogP contribution in [0.25, 0.3) is 0 Å². The Morgan fingerprint density at radius 3 is 2.41 bits per heavy atom. The molecule has 0 atom stereocenters. The molecule has 0 aliphatic heterocycles. The van der Waals surface area contributed by atoms with Gasteiger partial charge in [-0.25, -0.2) is 5.43 Å². The highest BCUT2D eigenvalue weighted by Gasteiger charge is 2.08. The van der Waals surface area contributed by atoms with Crippen molar-refractivity contribution in [2.45, 2.75) is 19.8 Å². The van der Waals surface area contributed by atoms with Gasteiger partial charge < -0.3 is 10.1 Å². The summed E-state index contributed by atoms with van der Waals surface area (Å²) in [6, 6.07) is 12.1. The van der Waals surface area contributed by atoms with Crippen LogP contribution in [0.15, 0.2) is 47.6 Å². The van der Waals surface area contributed by atoms with E-state index in [1.807, 2.05) is 31.2 Å². The number of rotatable bonds is 8. The SMILES string of the molecule is CCOc1ccc(/C=N/NC(=O)CCC(=O)Nc2ccc(Cl)c(Cl)c2)cc1. The molecule has 0 radical (unpaired) electrons. The second kappa shape index (κ2) is 10.5. The minimum atomic E-state index is -0.360. The lowest BCUT2D eigenvalue weighted by Gasteiger charge is -2.06. The number of anilines is 1. The normalized spacial score (nSPS) is 10.6. The summed E-state index contributed by atoms with van der Waals surface area (Å²) in [6.45, 7) is 2.51. The fourth-order valence-electron chi connectivity index (χ4n) is 2.08. The third kappa shape index (κ3) is 7.29. The Kier molecular flexibility index (Phi) is 8.10. The Balaban J connectivity index is 1.73. The minimum Gasteiger partial charge on any atom is -0.494 e. The fourth-order valence-corrected chi connectivity index (χ4v) is 2.37. The molecule has 2 rings (SSSR count). The lowest BCUT2D eigenvalue weighted by molar-refractivity contribution is -0.124. The van der Waals surface area contributed by atoms with Crippen molar-refractivity contribution in [2.24, 2.45) is 5.10 Å². The number of carbonyl (C=O) groups is 2. The molecule has 0 fully saturated rings. The van der Waals surface area contributed by atoms with Gasteiger partial charge in [-0.1, -0.05) is 23.2 Å². The van der Waals surface area contributed by atoms with Crippen LogP contribution >= 0.6 is 23.2 Å². The predicted octanol–water partition coefficient (Wildman–Crippen LogP) is 4.26. The summed E-state index contributed by atoms with van der Waals surface area (Å²) in [6.07, 6.45) is 1.54. The van der Waals surface area contributed by atoms with Crippen LogP contribution in [0, 0.1) is 0 Å². The lowest BCUT2D eigenvalue weighted by atomic mass is 10.2. The van der Waals surface area contributed by atoms with E-state index in [0.29, 0.717) is 22.3 Å². The highest BCUT2D eigenvalue weighted by molar-refractivity contribution is 6.42. The van der Waals surface area contributed by atoms with Crippen LogP contribution in [0.1, 0.15) is 25.3 Å². The largest absolute Gasteiger partial charge is 0.494 e. The molecule has 0 aliphatic rings. The summed E-state index contributed by atoms with van der Waals surface area (Å²) in [5, 5.41) is 7.27. The average molecular weight is 408 g/mol. The van der Waals surface area contributed by atoms with Crippen molar-refractivity contribution in [1.29, 1.82) is 0 Å². The van der Waals surface area contributed by atoms with Crippen molar-refractivity contribution in [2.75, 3.05) is 11.9 Å². The molecule has 0 saturated carbocycles. The van der Waals surface area contributed by atoms with Crippen molar-refractivity contribution in [3.8, 4) is 5.75 Å². The molecule has 6 nitrogen and oxygen atoms in total. The summed E-state index contributed by atoms with van der Waals surface area (Å²) in [5.41, 5.74) is 3.72. The van der Waals surface area contributed by atoms with Crippen LogP contribution in [-0.4, -0.2) is 24.6 Å². The Bertz CT molecular complexity index is 823. The van der Waals surface area contributed by atoms with E-state index < -0.39 is 0 Å². The highest BCUT2D eigenvalue weighted by atomic mass is 35.5. The van der Waals surface area contributed by atoms with E-state index in [0.717, 1.165) is 11.3 Å². The van der Waals surface area contributed by atoms with Gasteiger partial charge in [0.2, 0.25) is 11.8 Å². The minimum absolute atomic E-state index is 0.00771. The molecular weight excluding hydrogens is 389 g/mol. The van der Waals surface area contributed by atoms with Crippen LogP contribution in [0.2, 0.25) is 10.0 Å². The number of hydrazone groups is 1. The maximum absolute atomic E-state index is 11.9. The first-order chi connectivity index (χ1) is 13.0. The fraction of sp³-hybridized carbons (Fsp3) is 0.211. The smallest absolute Gasteiger partial charge is 0.240 e. The molecule has 2 aromatic carbocycles. The molecule has 2 amide bonds. The van der Waals surface area contributed by atoms with E-state index in [1.165, 1.54) is 6.21 Å². The topological polar surface area (TPSA) is 79.8 Å². The summed E-state index contributed by atoms with van der Waals surface area (Å²) in [7, 11) is 0. The first-order valence-electron chi connectivity index (χ1n) is 8.27. The Morgan fingerprint density at radius 1 is 1.04 bits per heavy atom. The van der Waals surface area contributed by atoms with Gasteiger partial charge in [0.25, 0.3) is 0 Å². The number of carbonyl (C=O) groups excluding carboxylic acids is 2. The predicted molar refractivity (Wildman–Crippen MR) is 108 cm³/mol. The number of halogens is 2. The van der Waals surface area contributed by atoms with E-state index in [2.05, 4.69) is 15.8 Å². The second-order valence-corrected chi connectivity index (χ2v) is 6.29. The van der Waals surface area contributed by atoms with Gasteiger partial charge in [0, 0.05) is 18.5 Å². The number of hydrogen-bond donors (Lipinski definition) is 2. The van der Waals surface area contributed by atoms with Gasteiger partial charge in [0.15, 0.2) is 0 Å². The maximum atomic E-state index is 11.9. The van der Waals surface area contributed by atoms with E-state index in [4.69, 9.17) is 27.9 Å². The molecule has 0 aliphatic carbocycles. The summed E-state index contributed by atoms with van der Waals surface area (Å²) >= 11 is 11.7. The zero-order valence-electron chi connectivity index (χ0n) is 14.7. The molecule has 142 valence electrons. The third-order valence-corrected chi connectivity index (χ3v) is 4.12. The zero-order valence-corrected chi connectivity index (χ0v) is 16.2. The number of nitrogens with one attached hydrogen (secondary N) is 2. The second-order valence-electron chi connectivity index (χ2n) is 5.47. The van der Waals surface area contributed by atoms with E-state index in [-0.39, 0.29) is 24.7 Å². The first-order valence-corrected chi connectivity index (χ1v) is 9.03. The van der Waals surface area contributed by atoms with Crippen LogP contribution < -0.4 is 15.5 Å². The van der Waals surface area contributed by atoms with Gasteiger partial charge in [0.05, 0.1) is 22.9 Å². The molecule has 2 N–H and O–H groups in total. The Hall–Kier alpha value is -2.57. The van der Waals surface area contributed by atoms with Crippen molar-refractivity contribution >= 4 is 46.9 Å². The van der Waals surface area contributed by atoms with Crippen molar-refractivity contribution in [3.63, 3.8) is 0 Å². The molecular formula is C19H19Cl2N3O3. The van der Waals surface area contributed by atoms with E-state index >= 15 is 0 Å². The van der Waals surface area contributed by atoms with Gasteiger partial charge in [-0.3, -0.25) is 9.59 Å². The van der Waals surface area contributed by atoms with Gasteiger partial charge in [-0.15, -0.1) is 0 Å². The number of nitrogens with zero attached hydrogens (tertiary/aromatic N) is 1. The molecule has 0 spiro atoms. The number of amides is 2. The first kappa shape index (κ1) is 20.7. The van der Waals surface area contributed by atoms with Gasteiger partial charge in [0.1, 0.15) is 5.75 Å². The molecule has 0 unspecified atom stereocenters. The average Bonchev–Trinajstić information content (AvgIpc) is 2.65.